The lowest BCUT2D eigenvalue weighted by atomic mass is 10.0. The molecule has 0 rings (SSSR count). The Hall–Kier alpha value is -0.0800. The Morgan fingerprint density at radius 2 is 1.16 bits per heavy atom. The predicted octanol–water partition coefficient (Wildman–Crippen LogP) is 4.36. The molecular weight excluding hydrogens is 234 g/mol. The summed E-state index contributed by atoms with van der Waals surface area (Å²) >= 11 is 0. The van der Waals surface area contributed by atoms with Crippen molar-refractivity contribution >= 4 is 0 Å². The average molecular weight is 272 g/mol. The Bertz CT molecular complexity index is 186. The Morgan fingerprint density at radius 3 is 1.53 bits per heavy atom. The third-order valence-electron chi connectivity index (χ3n) is 4.20. The lowest BCUT2D eigenvalue weighted by molar-refractivity contribution is -0.897. The Kier molecular flexibility index (Phi) is 11.7. The fourth-order valence-corrected chi connectivity index (χ4v) is 2.59. The third-order valence-corrected chi connectivity index (χ3v) is 4.20. The molecule has 0 saturated heterocycles. The van der Waals surface area contributed by atoms with E-state index in [-0.39, 0.29) is 0 Å². The standard InChI is InChI=1S/C17H38NO/c1-5-6-7-8-9-10-11-12-13-14-15-17(16-19)18(2,3)4/h17,19H,5-16H2,1-4H3/q+1. The smallest absolute Gasteiger partial charge is 0.112 e. The monoisotopic (exact) mass is 272 g/mol. The van der Waals surface area contributed by atoms with Gasteiger partial charge in [-0.1, -0.05) is 64.7 Å². The second kappa shape index (κ2) is 11.7. The van der Waals surface area contributed by atoms with Crippen molar-refractivity contribution < 1.29 is 9.59 Å². The molecule has 0 heterocycles. The summed E-state index contributed by atoms with van der Waals surface area (Å²) < 4.78 is 0.883. The highest BCUT2D eigenvalue weighted by atomic mass is 16.3. The fourth-order valence-electron chi connectivity index (χ4n) is 2.59. The first-order valence-electron chi connectivity index (χ1n) is 8.44. The number of unbranched alkanes of at least 4 members (excludes halogenated alkanes) is 9. The van der Waals surface area contributed by atoms with Gasteiger partial charge in [0.05, 0.1) is 27.7 Å². The van der Waals surface area contributed by atoms with Crippen LogP contribution in [0.2, 0.25) is 0 Å². The molecule has 1 atom stereocenters. The van der Waals surface area contributed by atoms with E-state index in [9.17, 15) is 5.11 Å². The average Bonchev–Trinajstić information content (AvgIpc) is 2.34. The first kappa shape index (κ1) is 18.9. The van der Waals surface area contributed by atoms with Crippen molar-refractivity contribution in [2.75, 3.05) is 27.7 Å². The first-order valence-corrected chi connectivity index (χ1v) is 8.44. The number of quaternary nitrogens is 1. The van der Waals surface area contributed by atoms with E-state index in [1.807, 2.05) is 0 Å². The molecule has 0 bridgehead atoms. The van der Waals surface area contributed by atoms with E-state index in [1.165, 1.54) is 64.2 Å². The van der Waals surface area contributed by atoms with Gasteiger partial charge in [-0.25, -0.2) is 0 Å². The second-order valence-electron chi connectivity index (χ2n) is 6.92. The lowest BCUT2D eigenvalue weighted by Gasteiger charge is -2.33. The van der Waals surface area contributed by atoms with Crippen molar-refractivity contribution in [1.82, 2.24) is 0 Å². The van der Waals surface area contributed by atoms with Crippen LogP contribution in [0.3, 0.4) is 0 Å². The van der Waals surface area contributed by atoms with Crippen molar-refractivity contribution in [2.45, 2.75) is 83.6 Å². The molecule has 0 aliphatic heterocycles. The molecule has 0 spiro atoms. The van der Waals surface area contributed by atoms with Crippen molar-refractivity contribution in [3.63, 3.8) is 0 Å². The van der Waals surface area contributed by atoms with Crippen LogP contribution in [-0.2, 0) is 0 Å². The molecule has 0 aliphatic carbocycles. The quantitative estimate of drug-likeness (QED) is 0.390. The second-order valence-corrected chi connectivity index (χ2v) is 6.92. The predicted molar refractivity (Wildman–Crippen MR) is 85.4 cm³/mol. The van der Waals surface area contributed by atoms with E-state index in [0.717, 1.165) is 10.9 Å². The topological polar surface area (TPSA) is 20.2 Å². The molecule has 1 N–H and O–H groups in total. The van der Waals surface area contributed by atoms with Crippen molar-refractivity contribution in [3.8, 4) is 0 Å². The van der Waals surface area contributed by atoms with Crippen LogP contribution in [0.15, 0.2) is 0 Å². The minimum atomic E-state index is 0.320. The summed E-state index contributed by atoms with van der Waals surface area (Å²) in [6.45, 7) is 2.59. The number of nitrogens with zero attached hydrogens (tertiary/aromatic N) is 1. The number of rotatable bonds is 13. The van der Waals surface area contributed by atoms with Crippen LogP contribution in [-0.4, -0.2) is 43.4 Å². The summed E-state index contributed by atoms with van der Waals surface area (Å²) in [7, 11) is 6.53. The molecule has 2 heteroatoms. The Labute approximate surface area is 121 Å². The summed E-state index contributed by atoms with van der Waals surface area (Å²) in [4.78, 5) is 0. The van der Waals surface area contributed by atoms with Gasteiger partial charge in [0.2, 0.25) is 0 Å². The van der Waals surface area contributed by atoms with Crippen LogP contribution >= 0.6 is 0 Å². The number of likely N-dealkylation sites (N-methyl/N-ethyl adjacent to an activating group) is 1. The maximum atomic E-state index is 9.39. The molecule has 0 radical (unpaired) electrons. The summed E-state index contributed by atoms with van der Waals surface area (Å²) in [5.41, 5.74) is 0. The highest BCUT2D eigenvalue weighted by Gasteiger charge is 2.21. The maximum Gasteiger partial charge on any atom is 0.112 e. The normalized spacial score (nSPS) is 13.7. The lowest BCUT2D eigenvalue weighted by Crippen LogP contribution is -2.47. The van der Waals surface area contributed by atoms with E-state index in [0.29, 0.717) is 12.6 Å². The van der Waals surface area contributed by atoms with E-state index in [2.05, 4.69) is 28.1 Å². The van der Waals surface area contributed by atoms with Gasteiger partial charge in [-0.15, -0.1) is 0 Å². The van der Waals surface area contributed by atoms with Gasteiger partial charge in [0, 0.05) is 6.42 Å². The van der Waals surface area contributed by atoms with Crippen LogP contribution in [0.25, 0.3) is 0 Å². The van der Waals surface area contributed by atoms with Gasteiger partial charge in [-0.3, -0.25) is 0 Å². The van der Waals surface area contributed by atoms with E-state index in [1.54, 1.807) is 0 Å². The van der Waals surface area contributed by atoms with Crippen LogP contribution < -0.4 is 0 Å². The zero-order valence-electron chi connectivity index (χ0n) is 14.0. The summed E-state index contributed by atoms with van der Waals surface area (Å²) in [5, 5.41) is 9.39. The van der Waals surface area contributed by atoms with Crippen molar-refractivity contribution in [3.05, 3.63) is 0 Å². The molecule has 0 aliphatic rings. The number of hydrogen-bond donors (Lipinski definition) is 1. The van der Waals surface area contributed by atoms with E-state index >= 15 is 0 Å². The Morgan fingerprint density at radius 1 is 0.737 bits per heavy atom. The van der Waals surface area contributed by atoms with Crippen LogP contribution in [0.1, 0.15) is 77.6 Å². The van der Waals surface area contributed by atoms with Gasteiger partial charge in [0.15, 0.2) is 0 Å². The Balaban J connectivity index is 3.31. The molecule has 0 aromatic carbocycles. The van der Waals surface area contributed by atoms with Gasteiger partial charge >= 0.3 is 0 Å². The zero-order valence-corrected chi connectivity index (χ0v) is 14.0. The summed E-state index contributed by atoms with van der Waals surface area (Å²) in [6, 6.07) is 0.411. The summed E-state index contributed by atoms with van der Waals surface area (Å²) in [5.74, 6) is 0. The SMILES string of the molecule is CCCCCCCCCCCCC(CO)[N+](C)(C)C. The van der Waals surface area contributed by atoms with E-state index < -0.39 is 0 Å². The van der Waals surface area contributed by atoms with E-state index in [4.69, 9.17) is 0 Å². The van der Waals surface area contributed by atoms with Crippen LogP contribution in [0.4, 0.5) is 0 Å². The molecule has 0 saturated carbocycles. The van der Waals surface area contributed by atoms with Crippen molar-refractivity contribution in [1.29, 1.82) is 0 Å². The van der Waals surface area contributed by atoms with Gasteiger partial charge in [0.1, 0.15) is 6.04 Å². The molecule has 0 aromatic heterocycles. The summed E-state index contributed by atoms with van der Waals surface area (Å²) in [6.07, 6.45) is 15.0. The van der Waals surface area contributed by atoms with Crippen molar-refractivity contribution in [2.24, 2.45) is 0 Å². The number of aliphatic hydroxyl groups is 1. The number of aliphatic hydroxyl groups excluding tert-OH is 1. The van der Waals surface area contributed by atoms with Gasteiger partial charge in [0.25, 0.3) is 0 Å². The molecule has 0 fully saturated rings. The molecule has 116 valence electrons. The molecule has 2 nitrogen and oxygen atoms in total. The molecular formula is C17H38NO+. The third kappa shape index (κ3) is 11.4. The van der Waals surface area contributed by atoms with Gasteiger partial charge in [-0.2, -0.15) is 0 Å². The minimum Gasteiger partial charge on any atom is -0.390 e. The molecule has 0 aromatic rings. The largest absolute Gasteiger partial charge is 0.390 e. The maximum absolute atomic E-state index is 9.39. The fraction of sp³-hybridized carbons (Fsp3) is 1.00. The van der Waals surface area contributed by atoms with Gasteiger partial charge < -0.3 is 9.59 Å². The zero-order chi connectivity index (χ0) is 14.6. The molecule has 0 amide bonds. The molecule has 19 heavy (non-hydrogen) atoms. The minimum absolute atomic E-state index is 0.320. The van der Waals surface area contributed by atoms with Crippen LogP contribution in [0.5, 0.6) is 0 Å². The number of hydrogen-bond acceptors (Lipinski definition) is 1. The van der Waals surface area contributed by atoms with Gasteiger partial charge in [-0.05, 0) is 6.42 Å². The van der Waals surface area contributed by atoms with Crippen LogP contribution in [0, 0.1) is 0 Å². The highest BCUT2D eigenvalue weighted by Crippen LogP contribution is 2.14. The molecule has 1 unspecified atom stereocenters. The highest BCUT2D eigenvalue weighted by molar-refractivity contribution is 4.56. The first-order chi connectivity index (χ1) is 9.02.